The molecule has 0 spiro atoms. The first-order valence-electron chi connectivity index (χ1n) is 6.90. The Balaban J connectivity index is 1.72. The van der Waals surface area contributed by atoms with Gasteiger partial charge in [-0.2, -0.15) is 0 Å². The van der Waals surface area contributed by atoms with E-state index in [-0.39, 0.29) is 18.1 Å². The second kappa shape index (κ2) is 5.42. The molecule has 1 amide bonds. The van der Waals surface area contributed by atoms with E-state index in [0.717, 1.165) is 40.6 Å². The fourth-order valence-electron chi connectivity index (χ4n) is 2.65. The third-order valence-electron chi connectivity index (χ3n) is 3.80. The Hall–Kier alpha value is -1.59. The van der Waals surface area contributed by atoms with Crippen molar-refractivity contribution in [1.29, 1.82) is 0 Å². The van der Waals surface area contributed by atoms with Gasteiger partial charge in [-0.25, -0.2) is 0 Å². The minimum absolute atomic E-state index is 0.0221. The third kappa shape index (κ3) is 2.78. The van der Waals surface area contributed by atoms with E-state index in [9.17, 15) is 9.90 Å². The molecule has 1 aliphatic rings. The highest BCUT2D eigenvalue weighted by atomic mass is 32.1. The molecule has 2 aromatic rings. The van der Waals surface area contributed by atoms with Crippen LogP contribution in [0.3, 0.4) is 0 Å². The number of carbonyl (C=O) groups is 1. The van der Waals surface area contributed by atoms with Gasteiger partial charge >= 0.3 is 0 Å². The quantitative estimate of drug-likeness (QED) is 0.744. The molecule has 0 aliphatic heterocycles. The van der Waals surface area contributed by atoms with Crippen molar-refractivity contribution in [3.05, 3.63) is 29.1 Å². The lowest BCUT2D eigenvalue weighted by molar-refractivity contribution is 0.0871. The molecular formula is C15H18N2O2S. The molecule has 106 valence electrons. The number of rotatable bonds is 2. The summed E-state index contributed by atoms with van der Waals surface area (Å²) in [6.45, 7) is 0. The smallest absolute Gasteiger partial charge is 0.261 e. The molecule has 0 radical (unpaired) electrons. The van der Waals surface area contributed by atoms with E-state index >= 15 is 0 Å². The summed E-state index contributed by atoms with van der Waals surface area (Å²) < 4.78 is 1.07. The summed E-state index contributed by atoms with van der Waals surface area (Å²) in [6.07, 6.45) is 3.05. The maximum atomic E-state index is 12.3. The van der Waals surface area contributed by atoms with E-state index in [1.165, 1.54) is 11.3 Å². The summed E-state index contributed by atoms with van der Waals surface area (Å²) in [5.41, 5.74) is 6.46. The highest BCUT2D eigenvalue weighted by Crippen LogP contribution is 2.28. The number of anilines is 1. The van der Waals surface area contributed by atoms with Crippen LogP contribution in [-0.4, -0.2) is 23.2 Å². The summed E-state index contributed by atoms with van der Waals surface area (Å²) in [5, 5.41) is 13.6. The molecule has 0 bridgehead atoms. The lowest BCUT2D eigenvalue weighted by Crippen LogP contribution is -2.38. The Labute approximate surface area is 121 Å². The summed E-state index contributed by atoms with van der Waals surface area (Å²) in [7, 11) is 0. The van der Waals surface area contributed by atoms with Crippen LogP contribution in [0.25, 0.3) is 10.1 Å². The molecule has 5 heteroatoms. The van der Waals surface area contributed by atoms with Crippen LogP contribution in [-0.2, 0) is 0 Å². The summed E-state index contributed by atoms with van der Waals surface area (Å²) >= 11 is 1.49. The molecular weight excluding hydrogens is 272 g/mol. The summed E-state index contributed by atoms with van der Waals surface area (Å²) in [6, 6.07) is 7.76. The molecule has 0 atom stereocenters. The molecule has 4 N–H and O–H groups in total. The molecule has 1 heterocycles. The number of aliphatic hydroxyl groups excluding tert-OH is 1. The molecule has 0 unspecified atom stereocenters. The molecule has 4 nitrogen and oxygen atoms in total. The van der Waals surface area contributed by atoms with Crippen molar-refractivity contribution in [2.24, 2.45) is 0 Å². The number of hydrogen-bond acceptors (Lipinski definition) is 4. The Kier molecular flexibility index (Phi) is 3.63. The van der Waals surface area contributed by atoms with Gasteiger partial charge < -0.3 is 16.2 Å². The Morgan fingerprint density at radius 2 is 2.00 bits per heavy atom. The van der Waals surface area contributed by atoms with Crippen LogP contribution >= 0.6 is 11.3 Å². The van der Waals surface area contributed by atoms with Gasteiger partial charge in [0.05, 0.1) is 11.0 Å². The van der Waals surface area contributed by atoms with Gasteiger partial charge in [0.15, 0.2) is 0 Å². The van der Waals surface area contributed by atoms with Crippen LogP contribution in [0, 0.1) is 0 Å². The van der Waals surface area contributed by atoms with Gasteiger partial charge in [0.1, 0.15) is 0 Å². The number of benzene rings is 1. The van der Waals surface area contributed by atoms with Crippen LogP contribution in [0.1, 0.15) is 35.4 Å². The van der Waals surface area contributed by atoms with E-state index in [1.807, 2.05) is 24.3 Å². The first-order valence-corrected chi connectivity index (χ1v) is 7.71. The van der Waals surface area contributed by atoms with Crippen molar-refractivity contribution >= 4 is 33.0 Å². The van der Waals surface area contributed by atoms with Crippen molar-refractivity contribution in [2.75, 3.05) is 5.73 Å². The standard InChI is InChI=1S/C15H18N2O2S/c16-10-1-6-13-9(7-10)8-14(20-13)15(19)17-11-2-4-12(18)5-3-11/h1,6-8,11-12,18H,2-5,16H2,(H,17,19). The third-order valence-corrected chi connectivity index (χ3v) is 4.91. The van der Waals surface area contributed by atoms with Gasteiger partial charge in [-0.05, 0) is 55.3 Å². The van der Waals surface area contributed by atoms with Crippen LogP contribution in [0.5, 0.6) is 0 Å². The molecule has 1 aliphatic carbocycles. The fraction of sp³-hybridized carbons (Fsp3) is 0.400. The van der Waals surface area contributed by atoms with Gasteiger partial charge in [-0.1, -0.05) is 0 Å². The SMILES string of the molecule is Nc1ccc2sc(C(=O)NC3CCC(O)CC3)cc2c1. The Bertz CT molecular complexity index is 630. The van der Waals surface area contributed by atoms with Gasteiger partial charge in [0.2, 0.25) is 0 Å². The second-order valence-electron chi connectivity index (χ2n) is 5.39. The topological polar surface area (TPSA) is 75.4 Å². The average molecular weight is 290 g/mol. The molecule has 1 fully saturated rings. The number of nitrogens with one attached hydrogen (secondary N) is 1. The van der Waals surface area contributed by atoms with Crippen LogP contribution in [0.4, 0.5) is 5.69 Å². The lowest BCUT2D eigenvalue weighted by atomic mass is 9.93. The van der Waals surface area contributed by atoms with Crippen molar-refractivity contribution < 1.29 is 9.90 Å². The van der Waals surface area contributed by atoms with Crippen LogP contribution in [0.2, 0.25) is 0 Å². The summed E-state index contributed by atoms with van der Waals surface area (Å²) in [4.78, 5) is 13.0. The van der Waals surface area contributed by atoms with Gasteiger partial charge in [0.25, 0.3) is 5.91 Å². The molecule has 3 rings (SSSR count). The highest BCUT2D eigenvalue weighted by Gasteiger charge is 2.21. The fourth-order valence-corrected chi connectivity index (χ4v) is 3.60. The number of hydrogen-bond donors (Lipinski definition) is 3. The van der Waals surface area contributed by atoms with Crippen LogP contribution < -0.4 is 11.1 Å². The van der Waals surface area contributed by atoms with E-state index in [0.29, 0.717) is 5.69 Å². The number of thiophene rings is 1. The normalized spacial score (nSPS) is 22.9. The molecule has 1 aromatic heterocycles. The first kappa shape index (κ1) is 13.4. The van der Waals surface area contributed by atoms with Crippen molar-refractivity contribution in [2.45, 2.75) is 37.8 Å². The summed E-state index contributed by atoms with van der Waals surface area (Å²) in [5.74, 6) is -0.0221. The predicted octanol–water partition coefficient (Wildman–Crippen LogP) is 2.52. The molecule has 1 saturated carbocycles. The van der Waals surface area contributed by atoms with Crippen molar-refractivity contribution in [1.82, 2.24) is 5.32 Å². The van der Waals surface area contributed by atoms with Gasteiger partial charge in [-0.15, -0.1) is 11.3 Å². The molecule has 0 saturated heterocycles. The number of aliphatic hydroxyl groups is 1. The average Bonchev–Trinajstić information content (AvgIpc) is 2.84. The van der Waals surface area contributed by atoms with E-state index in [1.54, 1.807) is 0 Å². The van der Waals surface area contributed by atoms with E-state index in [4.69, 9.17) is 5.73 Å². The molecule has 1 aromatic carbocycles. The van der Waals surface area contributed by atoms with Crippen molar-refractivity contribution in [3.8, 4) is 0 Å². The van der Waals surface area contributed by atoms with Gasteiger partial charge in [0, 0.05) is 16.4 Å². The number of amides is 1. The first-order chi connectivity index (χ1) is 9.61. The minimum Gasteiger partial charge on any atom is -0.399 e. The van der Waals surface area contributed by atoms with E-state index < -0.39 is 0 Å². The van der Waals surface area contributed by atoms with E-state index in [2.05, 4.69) is 5.32 Å². The number of nitrogens with two attached hydrogens (primary N) is 1. The number of fused-ring (bicyclic) bond motifs is 1. The minimum atomic E-state index is -0.199. The van der Waals surface area contributed by atoms with Gasteiger partial charge in [-0.3, -0.25) is 4.79 Å². The number of carbonyl (C=O) groups excluding carboxylic acids is 1. The maximum absolute atomic E-state index is 12.3. The largest absolute Gasteiger partial charge is 0.399 e. The van der Waals surface area contributed by atoms with Crippen LogP contribution in [0.15, 0.2) is 24.3 Å². The zero-order valence-corrected chi connectivity index (χ0v) is 12.0. The zero-order valence-electron chi connectivity index (χ0n) is 11.1. The monoisotopic (exact) mass is 290 g/mol. The Morgan fingerprint density at radius 3 is 2.75 bits per heavy atom. The Morgan fingerprint density at radius 1 is 1.25 bits per heavy atom. The maximum Gasteiger partial charge on any atom is 0.261 e. The predicted molar refractivity (Wildman–Crippen MR) is 82.0 cm³/mol. The lowest BCUT2D eigenvalue weighted by Gasteiger charge is -2.25. The zero-order chi connectivity index (χ0) is 14.1. The molecule has 20 heavy (non-hydrogen) atoms. The van der Waals surface area contributed by atoms with Crippen molar-refractivity contribution in [3.63, 3.8) is 0 Å². The number of nitrogen functional groups attached to an aromatic ring is 1. The second-order valence-corrected chi connectivity index (χ2v) is 6.47. The highest BCUT2D eigenvalue weighted by molar-refractivity contribution is 7.20.